The fraction of sp³-hybridized carbons (Fsp3) is 0.211. The normalized spacial score (nSPS) is 10.6. The van der Waals surface area contributed by atoms with Gasteiger partial charge in [0.2, 0.25) is 0 Å². The van der Waals surface area contributed by atoms with Gasteiger partial charge in [-0.2, -0.15) is 0 Å². The molecule has 0 unspecified atom stereocenters. The van der Waals surface area contributed by atoms with E-state index in [9.17, 15) is 14.9 Å². The van der Waals surface area contributed by atoms with Crippen LogP contribution in [0.25, 0.3) is 0 Å². The Morgan fingerprint density at radius 3 is 2.77 bits per heavy atom. The van der Waals surface area contributed by atoms with E-state index in [1.165, 1.54) is 17.3 Å². The van der Waals surface area contributed by atoms with E-state index in [4.69, 9.17) is 16.3 Å². The van der Waals surface area contributed by atoms with E-state index in [0.29, 0.717) is 20.8 Å². The van der Waals surface area contributed by atoms with Crippen molar-refractivity contribution < 1.29 is 14.5 Å². The van der Waals surface area contributed by atoms with E-state index in [-0.39, 0.29) is 30.3 Å². The van der Waals surface area contributed by atoms with E-state index in [0.717, 1.165) is 11.8 Å². The first-order chi connectivity index (χ1) is 14.4. The quantitative estimate of drug-likeness (QED) is 0.383. The van der Waals surface area contributed by atoms with Gasteiger partial charge in [0.05, 0.1) is 21.4 Å². The topological polar surface area (TPSA) is 103 Å². The summed E-state index contributed by atoms with van der Waals surface area (Å²) >= 11 is 7.15. The van der Waals surface area contributed by atoms with E-state index >= 15 is 0 Å². The Morgan fingerprint density at radius 1 is 1.33 bits per heavy atom. The number of nitro benzene ring substituents is 1. The molecule has 0 radical (unpaired) electrons. The predicted octanol–water partition coefficient (Wildman–Crippen LogP) is 3.68. The number of aromatic nitrogens is 3. The molecule has 1 heterocycles. The van der Waals surface area contributed by atoms with Crippen molar-refractivity contribution in [1.29, 1.82) is 0 Å². The van der Waals surface area contributed by atoms with E-state index < -0.39 is 4.92 Å². The molecule has 0 bridgehead atoms. The Balaban J connectivity index is 1.69. The molecule has 156 valence electrons. The van der Waals surface area contributed by atoms with Crippen LogP contribution in [-0.2, 0) is 7.05 Å². The first-order valence-electron chi connectivity index (χ1n) is 8.80. The number of rotatable bonds is 8. The molecule has 9 nitrogen and oxygen atoms in total. The SMILES string of the molecule is CN(CCOc1ccccc1Cl)C(=O)c1ccc(Sc2nncn2C)c([N+](=O)[O-])c1. The van der Waals surface area contributed by atoms with Crippen LogP contribution < -0.4 is 4.74 Å². The summed E-state index contributed by atoms with van der Waals surface area (Å²) in [6.07, 6.45) is 1.51. The maximum absolute atomic E-state index is 12.7. The summed E-state index contributed by atoms with van der Waals surface area (Å²) in [6.45, 7) is 0.515. The second kappa shape index (κ2) is 9.59. The number of nitrogens with zero attached hydrogens (tertiary/aromatic N) is 5. The number of carbonyl (C=O) groups is 1. The van der Waals surface area contributed by atoms with Crippen LogP contribution in [0.15, 0.2) is 58.8 Å². The van der Waals surface area contributed by atoms with Gasteiger partial charge in [-0.05, 0) is 36.0 Å². The lowest BCUT2D eigenvalue weighted by molar-refractivity contribution is -0.387. The van der Waals surface area contributed by atoms with Crippen molar-refractivity contribution in [3.8, 4) is 5.75 Å². The van der Waals surface area contributed by atoms with Gasteiger partial charge in [-0.15, -0.1) is 10.2 Å². The Hall–Kier alpha value is -3.11. The van der Waals surface area contributed by atoms with Crippen LogP contribution in [0.4, 0.5) is 5.69 Å². The Bertz CT molecular complexity index is 1070. The number of benzene rings is 2. The maximum atomic E-state index is 12.7. The van der Waals surface area contributed by atoms with Gasteiger partial charge in [0.15, 0.2) is 5.16 Å². The van der Waals surface area contributed by atoms with Gasteiger partial charge in [-0.1, -0.05) is 23.7 Å². The van der Waals surface area contributed by atoms with Crippen molar-refractivity contribution in [2.45, 2.75) is 10.1 Å². The molecule has 0 fully saturated rings. The molecule has 0 spiro atoms. The lowest BCUT2D eigenvalue weighted by Crippen LogP contribution is -2.31. The summed E-state index contributed by atoms with van der Waals surface area (Å²) in [4.78, 5) is 25.5. The van der Waals surface area contributed by atoms with Crippen LogP contribution in [0.2, 0.25) is 5.02 Å². The van der Waals surface area contributed by atoms with Crippen molar-refractivity contribution in [3.05, 3.63) is 69.5 Å². The molecule has 0 aliphatic heterocycles. The zero-order valence-corrected chi connectivity index (χ0v) is 17.8. The number of nitro groups is 1. The van der Waals surface area contributed by atoms with Crippen molar-refractivity contribution in [2.75, 3.05) is 20.2 Å². The minimum atomic E-state index is -0.518. The number of hydrogen-bond acceptors (Lipinski definition) is 7. The highest BCUT2D eigenvalue weighted by atomic mass is 35.5. The number of aryl methyl sites for hydroxylation is 1. The molecule has 0 saturated carbocycles. The van der Waals surface area contributed by atoms with Crippen LogP contribution in [-0.4, -0.2) is 50.7 Å². The first kappa shape index (κ1) is 21.6. The van der Waals surface area contributed by atoms with Gasteiger partial charge >= 0.3 is 0 Å². The van der Waals surface area contributed by atoms with Crippen LogP contribution >= 0.6 is 23.4 Å². The standard InChI is InChI=1S/C19H18ClN5O4S/c1-23(9-10-29-16-6-4-3-5-14(16)20)18(26)13-7-8-17(15(11-13)25(27)28)30-19-22-21-12-24(19)2/h3-8,11-12H,9-10H2,1-2H3. The average Bonchev–Trinajstić information content (AvgIpc) is 3.13. The number of halogens is 1. The number of amides is 1. The van der Waals surface area contributed by atoms with Crippen LogP contribution in [0, 0.1) is 10.1 Å². The summed E-state index contributed by atoms with van der Waals surface area (Å²) in [5, 5.41) is 20.2. The number of carbonyl (C=O) groups excluding carboxylic acids is 1. The van der Waals surface area contributed by atoms with E-state index in [1.807, 2.05) is 0 Å². The molecule has 0 aliphatic rings. The van der Waals surface area contributed by atoms with Crippen molar-refractivity contribution in [1.82, 2.24) is 19.7 Å². The molecule has 1 aromatic heterocycles. The number of hydrogen-bond donors (Lipinski definition) is 0. The van der Waals surface area contributed by atoms with Gasteiger partial charge < -0.3 is 14.2 Å². The van der Waals surface area contributed by atoms with Gasteiger partial charge in [0.1, 0.15) is 18.7 Å². The van der Waals surface area contributed by atoms with E-state index in [1.54, 1.807) is 55.1 Å². The molecule has 30 heavy (non-hydrogen) atoms. The third kappa shape index (κ3) is 5.08. The van der Waals surface area contributed by atoms with Crippen LogP contribution in [0.3, 0.4) is 0 Å². The third-order valence-electron chi connectivity index (χ3n) is 4.14. The predicted molar refractivity (Wildman–Crippen MR) is 112 cm³/mol. The summed E-state index contributed by atoms with van der Waals surface area (Å²) in [7, 11) is 3.35. The first-order valence-corrected chi connectivity index (χ1v) is 9.99. The van der Waals surface area contributed by atoms with E-state index in [2.05, 4.69) is 10.2 Å². The van der Waals surface area contributed by atoms with Gasteiger partial charge in [-0.25, -0.2) is 0 Å². The fourth-order valence-electron chi connectivity index (χ4n) is 2.52. The number of ether oxygens (including phenoxy) is 1. The molecule has 0 aliphatic carbocycles. The largest absolute Gasteiger partial charge is 0.490 e. The second-order valence-electron chi connectivity index (χ2n) is 6.27. The monoisotopic (exact) mass is 447 g/mol. The molecule has 0 N–H and O–H groups in total. The van der Waals surface area contributed by atoms with Crippen molar-refractivity contribution in [3.63, 3.8) is 0 Å². The minimum absolute atomic E-state index is 0.172. The summed E-state index contributed by atoms with van der Waals surface area (Å²) < 4.78 is 7.24. The van der Waals surface area contributed by atoms with Gasteiger partial charge in [-0.3, -0.25) is 14.9 Å². The Kier molecular flexibility index (Phi) is 6.91. The molecule has 1 amide bonds. The second-order valence-corrected chi connectivity index (χ2v) is 7.69. The highest BCUT2D eigenvalue weighted by molar-refractivity contribution is 7.99. The molecule has 0 atom stereocenters. The third-order valence-corrected chi connectivity index (χ3v) is 5.57. The highest BCUT2D eigenvalue weighted by Crippen LogP contribution is 2.34. The Morgan fingerprint density at radius 2 is 2.10 bits per heavy atom. The molecule has 3 aromatic rings. The number of likely N-dealkylation sites (N-methyl/N-ethyl adjacent to an activating group) is 1. The zero-order valence-electron chi connectivity index (χ0n) is 16.2. The van der Waals surface area contributed by atoms with Crippen LogP contribution in [0.1, 0.15) is 10.4 Å². The lowest BCUT2D eigenvalue weighted by Gasteiger charge is -2.18. The minimum Gasteiger partial charge on any atom is -0.490 e. The molecular weight excluding hydrogens is 430 g/mol. The molecule has 3 rings (SSSR count). The smallest absolute Gasteiger partial charge is 0.284 e. The molecule has 0 saturated heterocycles. The molecule has 2 aromatic carbocycles. The number of para-hydroxylation sites is 1. The van der Waals surface area contributed by atoms with Crippen LogP contribution in [0.5, 0.6) is 5.75 Å². The van der Waals surface area contributed by atoms with Crippen molar-refractivity contribution in [2.24, 2.45) is 7.05 Å². The lowest BCUT2D eigenvalue weighted by atomic mass is 10.2. The van der Waals surface area contributed by atoms with Gasteiger partial charge in [0, 0.05) is 25.7 Å². The fourth-order valence-corrected chi connectivity index (χ4v) is 3.56. The van der Waals surface area contributed by atoms with Gasteiger partial charge in [0.25, 0.3) is 11.6 Å². The summed E-state index contributed by atoms with van der Waals surface area (Å²) in [5.74, 6) is 0.178. The molecule has 11 heteroatoms. The average molecular weight is 448 g/mol. The maximum Gasteiger partial charge on any atom is 0.284 e. The zero-order chi connectivity index (χ0) is 21.7. The molecular formula is C19H18ClN5O4S. The highest BCUT2D eigenvalue weighted by Gasteiger charge is 2.21. The summed E-state index contributed by atoms with van der Waals surface area (Å²) in [5.41, 5.74) is 0.0406. The Labute approximate surface area is 181 Å². The summed E-state index contributed by atoms with van der Waals surface area (Å²) in [6, 6.07) is 11.4. The van der Waals surface area contributed by atoms with Crippen molar-refractivity contribution >= 4 is 35.0 Å².